The van der Waals surface area contributed by atoms with Crippen LogP contribution in [0.1, 0.15) is 17.0 Å². The molecule has 2 aromatic carbocycles. The third kappa shape index (κ3) is 2.84. The lowest BCUT2D eigenvalue weighted by molar-refractivity contribution is 0.416. The number of thioether (sulfide) groups is 1. The minimum absolute atomic E-state index is 0.506. The van der Waals surface area contributed by atoms with Gasteiger partial charge in [0.05, 0.1) is 24.4 Å². The van der Waals surface area contributed by atoms with E-state index in [2.05, 4.69) is 35.7 Å². The molecule has 4 heteroatoms. The van der Waals surface area contributed by atoms with E-state index >= 15 is 0 Å². The zero-order valence-electron chi connectivity index (χ0n) is 11.8. The van der Waals surface area contributed by atoms with Crippen molar-refractivity contribution in [3.05, 3.63) is 53.6 Å². The molecule has 1 unspecified atom stereocenters. The molecule has 1 aliphatic heterocycles. The van der Waals surface area contributed by atoms with Crippen molar-refractivity contribution in [2.24, 2.45) is 0 Å². The normalized spacial score (nSPS) is 16.1. The Morgan fingerprint density at radius 3 is 3.00 bits per heavy atom. The van der Waals surface area contributed by atoms with Gasteiger partial charge in [0.15, 0.2) is 0 Å². The molecule has 1 N–H and O–H groups in total. The van der Waals surface area contributed by atoms with Crippen LogP contribution in [0, 0.1) is 11.3 Å². The molecule has 1 aliphatic rings. The monoisotopic (exact) mass is 296 g/mol. The Hall–Kier alpha value is -2.12. The molecule has 0 amide bonds. The molecule has 2 aromatic rings. The van der Waals surface area contributed by atoms with Gasteiger partial charge in [0, 0.05) is 29.2 Å². The van der Waals surface area contributed by atoms with Crippen molar-refractivity contribution in [1.82, 2.24) is 0 Å². The van der Waals surface area contributed by atoms with Crippen molar-refractivity contribution in [3.63, 3.8) is 0 Å². The highest BCUT2D eigenvalue weighted by Gasteiger charge is 2.22. The number of fused-ring (bicyclic) bond motifs is 1. The average molecular weight is 296 g/mol. The van der Waals surface area contributed by atoms with E-state index in [0.29, 0.717) is 17.2 Å². The summed E-state index contributed by atoms with van der Waals surface area (Å²) in [4.78, 5) is 1.39. The molecule has 106 valence electrons. The van der Waals surface area contributed by atoms with Gasteiger partial charge in [-0.25, -0.2) is 0 Å². The zero-order valence-corrected chi connectivity index (χ0v) is 12.6. The van der Waals surface area contributed by atoms with Crippen LogP contribution in [-0.2, 0) is 0 Å². The number of ether oxygens (including phenoxy) is 1. The van der Waals surface area contributed by atoms with Crippen LogP contribution in [0.5, 0.6) is 5.75 Å². The molecule has 0 saturated carbocycles. The van der Waals surface area contributed by atoms with Crippen LogP contribution >= 0.6 is 11.8 Å². The number of anilines is 1. The maximum absolute atomic E-state index is 8.93. The van der Waals surface area contributed by atoms with Crippen molar-refractivity contribution in [1.29, 1.82) is 5.26 Å². The fraction of sp³-hybridized carbons (Fsp3) is 0.235. The third-order valence-corrected chi connectivity index (χ3v) is 4.92. The van der Waals surface area contributed by atoms with Crippen LogP contribution in [0.2, 0.25) is 0 Å². The number of hydrogen-bond acceptors (Lipinski definition) is 4. The Bertz CT molecular complexity index is 693. The van der Waals surface area contributed by atoms with Gasteiger partial charge in [0.2, 0.25) is 0 Å². The molecule has 0 aromatic heterocycles. The number of nitriles is 1. The second-order valence-electron chi connectivity index (χ2n) is 4.95. The first kappa shape index (κ1) is 13.8. The summed E-state index contributed by atoms with van der Waals surface area (Å²) >= 11 is 1.91. The van der Waals surface area contributed by atoms with Gasteiger partial charge in [-0.1, -0.05) is 18.2 Å². The predicted molar refractivity (Wildman–Crippen MR) is 86.1 cm³/mol. The van der Waals surface area contributed by atoms with Crippen molar-refractivity contribution >= 4 is 17.4 Å². The number of methoxy groups -OCH3 is 1. The molecular weight excluding hydrogens is 280 g/mol. The standard InChI is InChI=1S/C17H16N2OS/c1-20-16-8-12(9-18)6-7-15(16)19-10-13-11-21-17-5-3-2-4-14(13)17/h2-8,13,19H,10-11H2,1H3. The van der Waals surface area contributed by atoms with Gasteiger partial charge in [-0.05, 0) is 23.8 Å². The van der Waals surface area contributed by atoms with Crippen LogP contribution < -0.4 is 10.1 Å². The Kier molecular flexibility index (Phi) is 4.03. The molecule has 21 heavy (non-hydrogen) atoms. The topological polar surface area (TPSA) is 45.0 Å². The van der Waals surface area contributed by atoms with Gasteiger partial charge < -0.3 is 10.1 Å². The Balaban J connectivity index is 1.73. The first-order valence-corrected chi connectivity index (χ1v) is 7.84. The Morgan fingerprint density at radius 2 is 2.19 bits per heavy atom. The summed E-state index contributed by atoms with van der Waals surface area (Å²) in [6.45, 7) is 0.867. The minimum Gasteiger partial charge on any atom is -0.495 e. The molecular formula is C17H16N2OS. The first-order valence-electron chi connectivity index (χ1n) is 6.85. The summed E-state index contributed by atoms with van der Waals surface area (Å²) in [5, 5.41) is 12.4. The minimum atomic E-state index is 0.506. The molecule has 0 radical (unpaired) electrons. The largest absolute Gasteiger partial charge is 0.495 e. The van der Waals surface area contributed by atoms with Gasteiger partial charge in [0.25, 0.3) is 0 Å². The summed E-state index contributed by atoms with van der Waals surface area (Å²) in [6, 6.07) is 16.2. The lowest BCUT2D eigenvalue weighted by Gasteiger charge is -2.15. The van der Waals surface area contributed by atoms with E-state index < -0.39 is 0 Å². The van der Waals surface area contributed by atoms with E-state index in [0.717, 1.165) is 18.0 Å². The zero-order chi connectivity index (χ0) is 14.7. The highest BCUT2D eigenvalue weighted by Crippen LogP contribution is 2.39. The average Bonchev–Trinajstić information content (AvgIpc) is 2.96. The number of hydrogen-bond donors (Lipinski definition) is 1. The number of benzene rings is 2. The number of rotatable bonds is 4. The van der Waals surface area contributed by atoms with Crippen molar-refractivity contribution in [2.75, 3.05) is 24.7 Å². The maximum atomic E-state index is 8.93. The smallest absolute Gasteiger partial charge is 0.143 e. The van der Waals surface area contributed by atoms with Crippen molar-refractivity contribution < 1.29 is 4.74 Å². The number of nitrogens with zero attached hydrogens (tertiary/aromatic N) is 1. The van der Waals surface area contributed by atoms with E-state index in [4.69, 9.17) is 10.00 Å². The predicted octanol–water partition coefficient (Wildman–Crippen LogP) is 3.87. The van der Waals surface area contributed by atoms with Crippen LogP contribution in [-0.4, -0.2) is 19.4 Å². The molecule has 3 nitrogen and oxygen atoms in total. The van der Waals surface area contributed by atoms with Gasteiger partial charge in [0.1, 0.15) is 5.75 Å². The van der Waals surface area contributed by atoms with Crippen molar-refractivity contribution in [2.45, 2.75) is 10.8 Å². The maximum Gasteiger partial charge on any atom is 0.143 e. The fourth-order valence-electron chi connectivity index (χ4n) is 2.54. The molecule has 0 aliphatic carbocycles. The SMILES string of the molecule is COc1cc(C#N)ccc1NCC1CSc2ccccc21. The highest BCUT2D eigenvalue weighted by molar-refractivity contribution is 7.99. The molecule has 0 saturated heterocycles. The second-order valence-corrected chi connectivity index (χ2v) is 6.02. The van der Waals surface area contributed by atoms with Crippen LogP contribution in [0.15, 0.2) is 47.4 Å². The quantitative estimate of drug-likeness (QED) is 0.930. The van der Waals surface area contributed by atoms with E-state index in [1.54, 1.807) is 13.2 Å². The van der Waals surface area contributed by atoms with Crippen LogP contribution in [0.4, 0.5) is 5.69 Å². The van der Waals surface area contributed by atoms with Gasteiger partial charge in [-0.3, -0.25) is 0 Å². The molecule has 0 bridgehead atoms. The Morgan fingerprint density at radius 1 is 1.33 bits per heavy atom. The highest BCUT2D eigenvalue weighted by atomic mass is 32.2. The first-order chi connectivity index (χ1) is 10.3. The van der Waals surface area contributed by atoms with E-state index in [1.807, 2.05) is 23.9 Å². The molecule has 1 atom stereocenters. The number of nitrogens with one attached hydrogen (secondary N) is 1. The summed E-state index contributed by atoms with van der Waals surface area (Å²) < 4.78 is 5.35. The van der Waals surface area contributed by atoms with Gasteiger partial charge >= 0.3 is 0 Å². The molecule has 0 spiro atoms. The Labute approximate surface area is 128 Å². The van der Waals surface area contributed by atoms with Crippen LogP contribution in [0.3, 0.4) is 0 Å². The van der Waals surface area contributed by atoms with Crippen molar-refractivity contribution in [3.8, 4) is 11.8 Å². The van der Waals surface area contributed by atoms with E-state index in [1.165, 1.54) is 10.5 Å². The third-order valence-electron chi connectivity index (χ3n) is 3.67. The summed E-state index contributed by atoms with van der Waals surface area (Å²) in [5.74, 6) is 2.32. The van der Waals surface area contributed by atoms with E-state index in [9.17, 15) is 0 Å². The van der Waals surface area contributed by atoms with E-state index in [-0.39, 0.29) is 0 Å². The summed E-state index contributed by atoms with van der Waals surface area (Å²) in [7, 11) is 1.63. The van der Waals surface area contributed by atoms with Gasteiger partial charge in [-0.15, -0.1) is 11.8 Å². The summed E-state index contributed by atoms with van der Waals surface area (Å²) in [5.41, 5.74) is 2.97. The molecule has 3 rings (SSSR count). The fourth-order valence-corrected chi connectivity index (χ4v) is 3.79. The van der Waals surface area contributed by atoms with Crippen LogP contribution in [0.25, 0.3) is 0 Å². The molecule has 0 fully saturated rings. The second kappa shape index (κ2) is 6.11. The summed E-state index contributed by atoms with van der Waals surface area (Å²) in [6.07, 6.45) is 0. The van der Waals surface area contributed by atoms with Gasteiger partial charge in [-0.2, -0.15) is 5.26 Å². The lowest BCUT2D eigenvalue weighted by atomic mass is 10.0. The lowest BCUT2D eigenvalue weighted by Crippen LogP contribution is -2.12. The molecule has 1 heterocycles.